The minimum absolute atomic E-state index is 0. The normalized spacial score (nSPS) is 14.4. The number of hydrogen-bond acceptors (Lipinski definition) is 7. The van der Waals surface area contributed by atoms with Gasteiger partial charge < -0.3 is 29.9 Å². The number of carbonyl (C=O) groups excluding carboxylic acids is 1. The van der Waals surface area contributed by atoms with E-state index in [9.17, 15) is 25.2 Å². The number of hydrogen-bond donors (Lipinski definition) is 0. The summed E-state index contributed by atoms with van der Waals surface area (Å²) < 4.78 is 11.1. The molecule has 7 nitrogen and oxygen atoms in total. The van der Waals surface area contributed by atoms with Crippen molar-refractivity contribution in [1.82, 2.24) is 0 Å². The van der Waals surface area contributed by atoms with Gasteiger partial charge in [-0.3, -0.25) is 0 Å². The molecule has 0 unspecified atom stereocenters. The Hall–Kier alpha value is -1.87. The SMILES string of the molecule is O=C1OC2(c3ccccc31)c1ccc([O-])c([O-])c1Oc1c2ccc([O-])c1[O-].[H+].[H+].[Na+].[Na+]. The Morgan fingerprint density at radius 1 is 0.724 bits per heavy atom. The zero-order valence-electron chi connectivity index (χ0n) is 17.5. The van der Waals surface area contributed by atoms with Crippen molar-refractivity contribution >= 4 is 5.97 Å². The van der Waals surface area contributed by atoms with Crippen molar-refractivity contribution in [3.63, 3.8) is 0 Å². The molecule has 3 aromatic carbocycles. The van der Waals surface area contributed by atoms with Gasteiger partial charge in [0.15, 0.2) is 5.60 Å². The van der Waals surface area contributed by atoms with Gasteiger partial charge in [-0.05, 0) is 6.07 Å². The van der Waals surface area contributed by atoms with E-state index in [1.807, 2.05) is 0 Å². The zero-order valence-corrected chi connectivity index (χ0v) is 19.5. The van der Waals surface area contributed by atoms with E-state index in [4.69, 9.17) is 9.47 Å². The molecule has 0 atom stereocenters. The summed E-state index contributed by atoms with van der Waals surface area (Å²) in [6, 6.07) is 11.3. The minimum atomic E-state index is -1.64. The summed E-state index contributed by atoms with van der Waals surface area (Å²) in [5, 5.41) is 48.4. The molecule has 0 radical (unpaired) electrons. The fourth-order valence-corrected chi connectivity index (χ4v) is 3.71. The molecule has 2 aliphatic rings. The quantitative estimate of drug-likeness (QED) is 0.269. The Balaban J connectivity index is 0.00000120. The van der Waals surface area contributed by atoms with E-state index in [-0.39, 0.29) is 78.7 Å². The third kappa shape index (κ3) is 2.77. The zero-order chi connectivity index (χ0) is 18.9. The average Bonchev–Trinajstić information content (AvgIpc) is 2.96. The van der Waals surface area contributed by atoms with Gasteiger partial charge in [0.05, 0.1) is 5.56 Å². The Morgan fingerprint density at radius 3 is 1.79 bits per heavy atom. The van der Waals surface area contributed by atoms with Crippen molar-refractivity contribution in [1.29, 1.82) is 0 Å². The molecular weight excluding hydrogens is 398 g/mol. The monoisotopic (exact) mass is 408 g/mol. The molecule has 0 saturated heterocycles. The van der Waals surface area contributed by atoms with E-state index in [1.165, 1.54) is 12.1 Å². The van der Waals surface area contributed by atoms with E-state index < -0.39 is 46.1 Å². The molecule has 0 amide bonds. The van der Waals surface area contributed by atoms with E-state index in [0.717, 1.165) is 12.1 Å². The molecule has 134 valence electrons. The number of esters is 1. The van der Waals surface area contributed by atoms with Crippen molar-refractivity contribution in [2.45, 2.75) is 5.60 Å². The van der Waals surface area contributed by atoms with Gasteiger partial charge in [0.1, 0.15) is 11.5 Å². The van der Waals surface area contributed by atoms with Gasteiger partial charge in [-0.1, -0.05) is 54.0 Å². The van der Waals surface area contributed by atoms with Crippen LogP contribution in [0.5, 0.6) is 34.5 Å². The number of benzene rings is 3. The smallest absolute Gasteiger partial charge is 0.873 e. The van der Waals surface area contributed by atoms with Crippen LogP contribution in [-0.4, -0.2) is 5.97 Å². The summed E-state index contributed by atoms with van der Waals surface area (Å²) in [6.07, 6.45) is 0. The van der Waals surface area contributed by atoms with E-state index in [0.29, 0.717) is 5.56 Å². The molecule has 9 heteroatoms. The van der Waals surface area contributed by atoms with Crippen LogP contribution < -0.4 is 84.3 Å². The molecule has 0 bridgehead atoms. The van der Waals surface area contributed by atoms with E-state index in [2.05, 4.69) is 0 Å². The molecule has 29 heavy (non-hydrogen) atoms. The van der Waals surface area contributed by atoms with Crippen molar-refractivity contribution in [3.8, 4) is 34.5 Å². The van der Waals surface area contributed by atoms with Crippen LogP contribution in [0.3, 0.4) is 0 Å². The maximum absolute atomic E-state index is 12.5. The molecule has 3 aromatic rings. The van der Waals surface area contributed by atoms with Crippen molar-refractivity contribution < 1.29 is 96.7 Å². The summed E-state index contributed by atoms with van der Waals surface area (Å²) in [7, 11) is 0. The van der Waals surface area contributed by atoms with Crippen LogP contribution in [0.1, 0.15) is 29.9 Å². The summed E-state index contributed by atoms with van der Waals surface area (Å²) >= 11 is 0. The molecule has 0 fully saturated rings. The van der Waals surface area contributed by atoms with Crippen LogP contribution in [-0.2, 0) is 10.3 Å². The predicted octanol–water partition coefficient (Wildman–Crippen LogP) is -5.22. The van der Waals surface area contributed by atoms with Crippen LogP contribution in [0.2, 0.25) is 0 Å². The Kier molecular flexibility index (Phi) is 5.59. The van der Waals surface area contributed by atoms with Crippen LogP contribution in [0.15, 0.2) is 48.5 Å². The molecular formula is C20H10Na2O7. The summed E-state index contributed by atoms with van der Waals surface area (Å²) in [6.45, 7) is 0. The van der Waals surface area contributed by atoms with Gasteiger partial charge in [0, 0.05) is 16.7 Å². The molecule has 1 spiro atoms. The Morgan fingerprint density at radius 2 is 1.24 bits per heavy atom. The van der Waals surface area contributed by atoms with Crippen molar-refractivity contribution in [2.75, 3.05) is 0 Å². The molecule has 0 saturated carbocycles. The third-order valence-electron chi connectivity index (χ3n) is 4.89. The van der Waals surface area contributed by atoms with Gasteiger partial charge in [-0.2, -0.15) is 0 Å². The second-order valence-electron chi connectivity index (χ2n) is 6.26. The Labute approximate surface area is 212 Å². The van der Waals surface area contributed by atoms with Gasteiger partial charge in [0.25, 0.3) is 0 Å². The number of fused-ring (bicyclic) bond motifs is 6. The van der Waals surface area contributed by atoms with Crippen LogP contribution in [0.25, 0.3) is 0 Å². The molecule has 0 aromatic heterocycles. The maximum Gasteiger partial charge on any atom is 1.00 e. The van der Waals surface area contributed by atoms with Crippen molar-refractivity contribution in [3.05, 3.63) is 70.8 Å². The second kappa shape index (κ2) is 7.43. The third-order valence-corrected chi connectivity index (χ3v) is 4.89. The van der Waals surface area contributed by atoms with Crippen molar-refractivity contribution in [2.24, 2.45) is 0 Å². The summed E-state index contributed by atoms with van der Waals surface area (Å²) in [5.41, 5.74) is -0.714. The fraction of sp³-hybridized carbons (Fsp3) is 0.0500. The molecule has 0 aliphatic carbocycles. The van der Waals surface area contributed by atoms with E-state index >= 15 is 0 Å². The first-order chi connectivity index (χ1) is 12.9. The molecule has 2 aliphatic heterocycles. The summed E-state index contributed by atoms with van der Waals surface area (Å²) in [5.74, 6) is -5.11. The van der Waals surface area contributed by atoms with Gasteiger partial charge >= 0.3 is 67.9 Å². The van der Waals surface area contributed by atoms with Crippen LogP contribution in [0, 0.1) is 0 Å². The molecule has 2 heterocycles. The van der Waals surface area contributed by atoms with Gasteiger partial charge in [0.2, 0.25) is 0 Å². The first-order valence-electron chi connectivity index (χ1n) is 7.99. The summed E-state index contributed by atoms with van der Waals surface area (Å²) in [4.78, 5) is 12.5. The van der Waals surface area contributed by atoms with E-state index in [1.54, 1.807) is 24.3 Å². The predicted molar refractivity (Wildman–Crippen MR) is 84.7 cm³/mol. The largest absolute Gasteiger partial charge is 1.00 e. The van der Waals surface area contributed by atoms with Gasteiger partial charge in [-0.25, -0.2) is 4.79 Å². The Bertz CT molecular complexity index is 1110. The van der Waals surface area contributed by atoms with Crippen LogP contribution >= 0.6 is 0 Å². The second-order valence-corrected chi connectivity index (χ2v) is 6.26. The molecule has 5 rings (SSSR count). The van der Waals surface area contributed by atoms with Crippen LogP contribution in [0.4, 0.5) is 0 Å². The first-order valence-corrected chi connectivity index (χ1v) is 7.99. The molecule has 0 N–H and O–H groups in total. The topological polar surface area (TPSA) is 128 Å². The maximum atomic E-state index is 12.5. The number of rotatable bonds is 0. The average molecular weight is 408 g/mol. The standard InChI is InChI=1S/C20H12O7.2Na/c21-13-7-5-11-17(15(13)23)26-18-12(6-8-14(22)16(18)24)20(11)10-4-2-1-3-9(10)19(25)27-20;;/h1-8,21-24H;;/q;2*+1/p-2. The number of ether oxygens (including phenoxy) is 2. The fourth-order valence-electron chi connectivity index (χ4n) is 3.71. The first kappa shape index (κ1) is 21.8. The number of carbonyl (C=O) groups is 1. The van der Waals surface area contributed by atoms with Gasteiger partial charge in [-0.15, -0.1) is 11.5 Å². The minimum Gasteiger partial charge on any atom is -0.873 e.